The van der Waals surface area contributed by atoms with Gasteiger partial charge in [-0.25, -0.2) is 9.97 Å². The number of carbonyl (C=O) groups is 1. The Morgan fingerprint density at radius 1 is 1.43 bits per heavy atom. The summed E-state index contributed by atoms with van der Waals surface area (Å²) in [6, 6.07) is 2.02. The molecular formula is C16H21N5O2. The van der Waals surface area contributed by atoms with Crippen LogP contribution in [0.2, 0.25) is 0 Å². The molecule has 4 rings (SSSR count). The van der Waals surface area contributed by atoms with Gasteiger partial charge in [-0.2, -0.15) is 0 Å². The molecule has 2 aliphatic rings. The zero-order chi connectivity index (χ0) is 16.0. The lowest BCUT2D eigenvalue weighted by atomic mass is 10.2. The van der Waals surface area contributed by atoms with Crippen molar-refractivity contribution in [2.24, 2.45) is 17.8 Å². The molecule has 23 heavy (non-hydrogen) atoms. The number of piperidine rings is 1. The number of fused-ring (bicyclic) bond motifs is 2. The van der Waals surface area contributed by atoms with E-state index in [2.05, 4.69) is 31.8 Å². The van der Waals surface area contributed by atoms with Crippen molar-refractivity contribution in [2.75, 3.05) is 45.2 Å². The normalized spacial score (nSPS) is 26.3. The monoisotopic (exact) mass is 315 g/mol. The average molecular weight is 315 g/mol. The third-order valence-electron chi connectivity index (χ3n) is 5.21. The van der Waals surface area contributed by atoms with E-state index in [-0.39, 0.29) is 5.97 Å². The van der Waals surface area contributed by atoms with Crippen molar-refractivity contribution >= 4 is 22.8 Å². The van der Waals surface area contributed by atoms with Gasteiger partial charge in [0.05, 0.1) is 19.0 Å². The second-order valence-corrected chi connectivity index (χ2v) is 6.58. The summed E-state index contributed by atoms with van der Waals surface area (Å²) >= 11 is 0. The van der Waals surface area contributed by atoms with Crippen molar-refractivity contribution in [1.82, 2.24) is 19.9 Å². The summed E-state index contributed by atoms with van der Waals surface area (Å²) in [5.41, 5.74) is 0.877. The maximum atomic E-state index is 11.3. The summed E-state index contributed by atoms with van der Waals surface area (Å²) < 4.78 is 4.74. The molecular weight excluding hydrogens is 294 g/mol. The number of hydrogen-bond donors (Lipinski definition) is 1. The molecule has 1 aliphatic heterocycles. The molecule has 2 unspecified atom stereocenters. The van der Waals surface area contributed by atoms with Crippen LogP contribution in [0.15, 0.2) is 18.6 Å². The number of esters is 1. The molecule has 2 aromatic heterocycles. The lowest BCUT2D eigenvalue weighted by molar-refractivity contribution is -0.141. The number of aromatic amines is 1. The third kappa shape index (κ3) is 2.55. The summed E-state index contributed by atoms with van der Waals surface area (Å²) in [5.74, 6) is 2.93. The van der Waals surface area contributed by atoms with Crippen LogP contribution in [-0.4, -0.2) is 66.2 Å². The van der Waals surface area contributed by atoms with Crippen LogP contribution in [0, 0.1) is 17.8 Å². The molecule has 122 valence electrons. The molecule has 0 spiro atoms. The van der Waals surface area contributed by atoms with E-state index in [4.69, 9.17) is 4.74 Å². The highest BCUT2D eigenvalue weighted by atomic mass is 16.5. The first kappa shape index (κ1) is 14.4. The van der Waals surface area contributed by atoms with Crippen LogP contribution in [-0.2, 0) is 9.53 Å². The summed E-state index contributed by atoms with van der Waals surface area (Å²) in [5, 5.41) is 1.06. The van der Waals surface area contributed by atoms with E-state index in [1.165, 1.54) is 7.11 Å². The van der Waals surface area contributed by atoms with E-state index in [1.54, 1.807) is 6.33 Å². The van der Waals surface area contributed by atoms with Crippen molar-refractivity contribution < 1.29 is 9.53 Å². The maximum absolute atomic E-state index is 11.3. The summed E-state index contributed by atoms with van der Waals surface area (Å²) in [6.07, 6.45) is 3.50. The molecule has 3 heterocycles. The van der Waals surface area contributed by atoms with E-state index in [0.29, 0.717) is 24.3 Å². The molecule has 0 radical (unpaired) electrons. The van der Waals surface area contributed by atoms with Crippen LogP contribution in [0.3, 0.4) is 0 Å². The predicted molar refractivity (Wildman–Crippen MR) is 86.1 cm³/mol. The Hall–Kier alpha value is -2.15. The standard InChI is InChI=1S/C16H21N5O2/c1-20(16-10-3-4-17-15(10)18-9-19-16)5-11-12-6-21(7-13(11)12)8-14(22)23-2/h3-4,9,11-13H,5-8H2,1-2H3,(H,17,18,19)/t11?,12-,13?/m1/s1. The average Bonchev–Trinajstić information content (AvgIpc) is 2.97. The molecule has 7 nitrogen and oxygen atoms in total. The first-order chi connectivity index (χ1) is 11.2. The molecule has 1 N–H and O–H groups in total. The van der Waals surface area contributed by atoms with Gasteiger partial charge < -0.3 is 14.6 Å². The van der Waals surface area contributed by atoms with Crippen LogP contribution < -0.4 is 4.90 Å². The van der Waals surface area contributed by atoms with Crippen molar-refractivity contribution in [3.63, 3.8) is 0 Å². The van der Waals surface area contributed by atoms with Crippen LogP contribution in [0.1, 0.15) is 0 Å². The number of nitrogens with one attached hydrogen (secondary N) is 1. The zero-order valence-electron chi connectivity index (χ0n) is 13.4. The molecule has 7 heteroatoms. The fourth-order valence-electron chi connectivity index (χ4n) is 3.95. The summed E-state index contributed by atoms with van der Waals surface area (Å²) in [6.45, 7) is 3.42. The Kier molecular flexibility index (Phi) is 3.45. The van der Waals surface area contributed by atoms with Crippen molar-refractivity contribution in [1.29, 1.82) is 0 Å². The molecule has 2 fully saturated rings. The van der Waals surface area contributed by atoms with Gasteiger partial charge in [0.25, 0.3) is 0 Å². The van der Waals surface area contributed by atoms with Gasteiger partial charge in [-0.1, -0.05) is 0 Å². The fourth-order valence-corrected chi connectivity index (χ4v) is 3.95. The fraction of sp³-hybridized carbons (Fsp3) is 0.562. The minimum Gasteiger partial charge on any atom is -0.468 e. The first-order valence-corrected chi connectivity index (χ1v) is 7.95. The van der Waals surface area contributed by atoms with Gasteiger partial charge in [0, 0.05) is 32.9 Å². The number of hydrogen-bond acceptors (Lipinski definition) is 6. The number of ether oxygens (including phenoxy) is 1. The molecule has 1 saturated carbocycles. The third-order valence-corrected chi connectivity index (χ3v) is 5.21. The second-order valence-electron chi connectivity index (χ2n) is 6.58. The summed E-state index contributed by atoms with van der Waals surface area (Å²) in [4.78, 5) is 27.6. The van der Waals surface area contributed by atoms with Crippen LogP contribution in [0.25, 0.3) is 11.0 Å². The number of carbonyl (C=O) groups excluding carboxylic acids is 1. The Morgan fingerprint density at radius 2 is 2.22 bits per heavy atom. The Bertz CT molecular complexity index is 718. The SMILES string of the molecule is COC(=O)CN1CC2C(CN(C)c3ncnc4[nH]ccc34)[C@H]2C1. The number of nitrogens with zero attached hydrogens (tertiary/aromatic N) is 4. The van der Waals surface area contributed by atoms with Crippen LogP contribution in [0.4, 0.5) is 5.82 Å². The van der Waals surface area contributed by atoms with Gasteiger partial charge in [-0.05, 0) is 23.8 Å². The zero-order valence-corrected chi connectivity index (χ0v) is 13.4. The molecule has 1 saturated heterocycles. The highest BCUT2D eigenvalue weighted by Crippen LogP contribution is 2.52. The van der Waals surface area contributed by atoms with Crippen molar-refractivity contribution in [2.45, 2.75) is 0 Å². The van der Waals surface area contributed by atoms with Crippen LogP contribution in [0.5, 0.6) is 0 Å². The lowest BCUT2D eigenvalue weighted by Gasteiger charge is -2.22. The number of rotatable bonds is 5. The van der Waals surface area contributed by atoms with Gasteiger partial charge in [0.1, 0.15) is 17.8 Å². The summed E-state index contributed by atoms with van der Waals surface area (Å²) in [7, 11) is 3.54. The molecule has 2 aromatic rings. The van der Waals surface area contributed by atoms with Gasteiger partial charge in [-0.15, -0.1) is 0 Å². The lowest BCUT2D eigenvalue weighted by Crippen LogP contribution is -2.33. The predicted octanol–water partition coefficient (Wildman–Crippen LogP) is 0.745. The largest absolute Gasteiger partial charge is 0.468 e. The van der Waals surface area contributed by atoms with E-state index in [0.717, 1.165) is 36.5 Å². The number of anilines is 1. The molecule has 0 amide bonds. The topological polar surface area (TPSA) is 74.3 Å². The van der Waals surface area contributed by atoms with Crippen molar-refractivity contribution in [3.05, 3.63) is 18.6 Å². The quantitative estimate of drug-likeness (QED) is 0.821. The Balaban J connectivity index is 1.36. The molecule has 0 aromatic carbocycles. The minimum atomic E-state index is -0.143. The molecule has 1 aliphatic carbocycles. The number of methoxy groups -OCH3 is 1. The van der Waals surface area contributed by atoms with Gasteiger partial charge in [0.2, 0.25) is 0 Å². The smallest absolute Gasteiger partial charge is 0.319 e. The van der Waals surface area contributed by atoms with E-state index < -0.39 is 0 Å². The van der Waals surface area contributed by atoms with E-state index >= 15 is 0 Å². The highest BCUT2D eigenvalue weighted by molar-refractivity contribution is 5.87. The molecule has 3 atom stereocenters. The van der Waals surface area contributed by atoms with Crippen molar-refractivity contribution in [3.8, 4) is 0 Å². The maximum Gasteiger partial charge on any atom is 0.319 e. The number of aromatic nitrogens is 3. The Morgan fingerprint density at radius 3 is 2.96 bits per heavy atom. The van der Waals surface area contributed by atoms with Gasteiger partial charge >= 0.3 is 5.97 Å². The highest BCUT2D eigenvalue weighted by Gasteiger charge is 2.55. The van der Waals surface area contributed by atoms with E-state index in [9.17, 15) is 4.79 Å². The van der Waals surface area contributed by atoms with Gasteiger partial charge in [0.15, 0.2) is 0 Å². The van der Waals surface area contributed by atoms with Crippen LogP contribution >= 0.6 is 0 Å². The van der Waals surface area contributed by atoms with Gasteiger partial charge in [-0.3, -0.25) is 9.69 Å². The number of H-pyrrole nitrogens is 1. The second kappa shape index (κ2) is 5.49. The minimum absolute atomic E-state index is 0.143. The molecule has 0 bridgehead atoms. The first-order valence-electron chi connectivity index (χ1n) is 7.95. The Labute approximate surface area is 134 Å². The number of likely N-dealkylation sites (tertiary alicyclic amines) is 1. The van der Waals surface area contributed by atoms with E-state index in [1.807, 2.05) is 12.3 Å².